The number of hydrogen-bond donors (Lipinski definition) is 5. The quantitative estimate of drug-likeness (QED) is 0.0243. The van der Waals surface area contributed by atoms with Gasteiger partial charge in [0.15, 0.2) is 22.8 Å². The summed E-state index contributed by atoms with van der Waals surface area (Å²) in [6.07, 6.45) is 11.6. The first kappa shape index (κ1) is 73.0. The monoisotopic (exact) mass is 1060 g/mol. The second-order valence-electron chi connectivity index (χ2n) is 16.9. The molecule has 1 saturated heterocycles. The van der Waals surface area contributed by atoms with Crippen molar-refractivity contribution in [3.8, 4) is 0 Å². The van der Waals surface area contributed by atoms with E-state index in [0.717, 1.165) is 48.2 Å². The number of imidazole rings is 1. The fraction of sp³-hybridized carbons (Fsp3) is 0.795. The summed E-state index contributed by atoms with van der Waals surface area (Å²) in [5.74, 6) is -1.12. The number of unbranched alkanes of at least 4 members (excludes halogenated alkanes) is 14. The molecule has 0 radical (unpaired) electrons. The third kappa shape index (κ3) is 28.2. The molecule has 3 heterocycles. The van der Waals surface area contributed by atoms with Crippen molar-refractivity contribution in [1.82, 2.24) is 30.2 Å². The molecule has 0 aliphatic carbocycles. The van der Waals surface area contributed by atoms with Crippen LogP contribution in [0.5, 0.6) is 0 Å². The number of nitrogens with one attached hydrogen (secondary N) is 2. The van der Waals surface area contributed by atoms with Gasteiger partial charge < -0.3 is 69.0 Å². The van der Waals surface area contributed by atoms with Crippen LogP contribution in [0.15, 0.2) is 12.7 Å². The Balaban J connectivity index is 0. The van der Waals surface area contributed by atoms with Crippen LogP contribution in [0.3, 0.4) is 0 Å². The van der Waals surface area contributed by atoms with E-state index in [-0.39, 0.29) is 117 Å². The van der Waals surface area contributed by atoms with Gasteiger partial charge in [-0.2, -0.15) is 0 Å². The average Bonchev–Trinajstić information content (AvgIpc) is 3.81. The van der Waals surface area contributed by atoms with E-state index in [1.54, 1.807) is 0 Å². The van der Waals surface area contributed by atoms with E-state index in [2.05, 4.69) is 50.4 Å². The van der Waals surface area contributed by atoms with Crippen molar-refractivity contribution in [2.45, 2.75) is 161 Å². The number of aliphatic hydroxyl groups excluding tert-OH is 2. The number of phosphoric acid groups is 3. The fourth-order valence-corrected chi connectivity index (χ4v) is 10.4. The van der Waals surface area contributed by atoms with Crippen LogP contribution in [0.4, 0.5) is 5.82 Å². The van der Waals surface area contributed by atoms with Crippen LogP contribution in [0.1, 0.15) is 136 Å². The smallest absolute Gasteiger partial charge is 0.790 e. The van der Waals surface area contributed by atoms with Crippen molar-refractivity contribution in [1.29, 1.82) is 0 Å². The summed E-state index contributed by atoms with van der Waals surface area (Å²) in [5.41, 5.74) is 4.10. The third-order valence-corrected chi connectivity index (χ3v) is 14.7. The molecular formula is C39H66Li4N7O17P3S. The van der Waals surface area contributed by atoms with Crippen molar-refractivity contribution in [3.63, 3.8) is 0 Å². The van der Waals surface area contributed by atoms with E-state index in [1.165, 1.54) is 90.9 Å². The first-order valence-corrected chi connectivity index (χ1v) is 27.9. The minimum absolute atomic E-state index is 0. The predicted octanol–water partition coefficient (Wildman–Crippen LogP) is -9.59. The van der Waals surface area contributed by atoms with Gasteiger partial charge in [0.25, 0.3) is 15.6 Å². The number of anilines is 1. The van der Waals surface area contributed by atoms with E-state index < -0.39 is 84.6 Å². The van der Waals surface area contributed by atoms with Gasteiger partial charge in [0.2, 0.25) is 11.8 Å². The Labute approximate surface area is 468 Å². The molecular weight excluding hydrogens is 991 g/mol. The van der Waals surface area contributed by atoms with E-state index in [0.29, 0.717) is 12.2 Å². The number of fused-ring (bicyclic) bond motifs is 1. The molecule has 2 amide bonds. The van der Waals surface area contributed by atoms with Crippen LogP contribution < -0.4 is 111 Å². The Morgan fingerprint density at radius 1 is 0.831 bits per heavy atom. The van der Waals surface area contributed by atoms with Gasteiger partial charge >= 0.3 is 75.4 Å². The molecule has 0 aromatic carbocycles. The van der Waals surface area contributed by atoms with Gasteiger partial charge in [-0.15, -0.1) is 0 Å². The number of nitrogens with two attached hydrogens (primary N) is 1. The predicted molar refractivity (Wildman–Crippen MR) is 238 cm³/mol. The Morgan fingerprint density at radius 3 is 1.94 bits per heavy atom. The third-order valence-electron chi connectivity index (χ3n) is 10.7. The number of aliphatic hydroxyl groups is 2. The molecule has 1 aliphatic rings. The van der Waals surface area contributed by atoms with Crippen LogP contribution in [-0.2, 0) is 50.7 Å². The van der Waals surface area contributed by atoms with Crippen LogP contribution in [0.2, 0.25) is 0 Å². The van der Waals surface area contributed by atoms with Crippen molar-refractivity contribution in [3.05, 3.63) is 12.7 Å². The van der Waals surface area contributed by atoms with Gasteiger partial charge in [-0.25, -0.2) is 19.3 Å². The van der Waals surface area contributed by atoms with Gasteiger partial charge in [-0.05, 0) is 6.42 Å². The molecule has 7 atom stereocenters. The van der Waals surface area contributed by atoms with E-state index in [9.17, 15) is 57.9 Å². The second-order valence-corrected chi connectivity index (χ2v) is 22.1. The second kappa shape index (κ2) is 36.9. The largest absolute Gasteiger partial charge is 1.00 e. The zero-order chi connectivity index (χ0) is 49.7. The van der Waals surface area contributed by atoms with Crippen LogP contribution in [-0.4, -0.2) is 103 Å². The SMILES string of the molecule is CCCCCCCCCCCCCCCCCC(=O)SCCNC(=O)CCNC(=O)[C@H](O)C(C)(C)COP(=O)([O-])OP(=O)([O-])OC[C@H]1O[C@@H](n2cnc3c(N)ncnc32)[C@H](O)[C@@H]1OP(=O)([O-])[O-].[Li+].[Li+].[Li+].[Li+]. The van der Waals surface area contributed by atoms with Crippen LogP contribution in [0.25, 0.3) is 11.2 Å². The molecule has 0 spiro atoms. The first-order chi connectivity index (χ1) is 31.6. The van der Waals surface area contributed by atoms with E-state index in [1.807, 2.05) is 0 Å². The number of rotatable bonds is 35. The number of carbonyl (C=O) groups excluding carboxylic acids is 3. The normalized spacial score (nSPS) is 18.9. The minimum Gasteiger partial charge on any atom is -0.790 e. The van der Waals surface area contributed by atoms with Crippen LogP contribution >= 0.6 is 35.2 Å². The average molecular weight is 1060 g/mol. The Kier molecular flexibility index (Phi) is 37.9. The Morgan fingerprint density at radius 2 is 1.38 bits per heavy atom. The molecule has 24 nitrogen and oxygen atoms in total. The molecule has 384 valence electrons. The molecule has 2 unspecified atom stereocenters. The van der Waals surface area contributed by atoms with Crippen molar-refractivity contribution >= 4 is 69.1 Å². The molecule has 3 rings (SSSR count). The maximum absolute atomic E-state index is 12.6. The summed E-state index contributed by atoms with van der Waals surface area (Å²) in [6.45, 7) is 2.42. The van der Waals surface area contributed by atoms with Crippen molar-refractivity contribution in [2.75, 3.05) is 37.8 Å². The van der Waals surface area contributed by atoms with Crippen molar-refractivity contribution < 1.29 is 156 Å². The number of amides is 2. The summed E-state index contributed by atoms with van der Waals surface area (Å²) < 4.78 is 60.8. The molecule has 2 aromatic heterocycles. The fourth-order valence-electron chi connectivity index (χ4n) is 6.99. The van der Waals surface area contributed by atoms with Gasteiger partial charge in [0.1, 0.15) is 36.3 Å². The number of nitrogen functional groups attached to an aromatic ring is 1. The Bertz CT molecular complexity index is 2020. The van der Waals surface area contributed by atoms with Crippen molar-refractivity contribution in [2.24, 2.45) is 5.41 Å². The zero-order valence-corrected chi connectivity index (χ0v) is 45.7. The molecule has 0 saturated carbocycles. The summed E-state index contributed by atoms with van der Waals surface area (Å²) >= 11 is 1.15. The number of phosphoric ester groups is 3. The van der Waals surface area contributed by atoms with Gasteiger partial charge in [-0.3, -0.25) is 28.1 Å². The topological polar surface area (TPSA) is 375 Å². The standard InChI is InChI=1S/C39H70N7O17P3S.4Li/c1-4-5-6-7-8-9-10-11-12-13-14-15-16-17-18-19-30(48)67-23-22-41-29(47)20-21-42-37(51)34(50)39(2,3)25-60-66(57,58)63-65(55,56)59-24-28-33(62-64(52,53)54)32(49)38(61-28)46-27-45-31-35(40)43-26-44-36(31)46;;;;/h26-28,32-34,38,49-50H,4-25H2,1-3H3,(H,41,47)(H,42,51)(H,55,56)(H,57,58)(H2,40,43,44)(H2,52,53,54);;;;/q;4*+1/p-4/t28-,32-,33-,34+,38-;;;;/m1..../s1. The Hall–Kier alpha value is -0.0504. The summed E-state index contributed by atoms with van der Waals surface area (Å²) in [5, 5.41) is 26.5. The minimum atomic E-state index is -5.92. The van der Waals surface area contributed by atoms with Gasteiger partial charge in [-0.1, -0.05) is 122 Å². The number of aromatic nitrogens is 4. The zero-order valence-electron chi connectivity index (χ0n) is 42.2. The number of nitrogens with zero attached hydrogens (tertiary/aromatic N) is 4. The number of ether oxygens (including phenoxy) is 1. The number of thioether (sulfide) groups is 1. The van der Waals surface area contributed by atoms with Gasteiger partial charge in [0, 0.05) is 37.1 Å². The summed E-state index contributed by atoms with van der Waals surface area (Å²) in [4.78, 5) is 96.8. The summed E-state index contributed by atoms with van der Waals surface area (Å²) in [6, 6.07) is 0. The molecule has 0 bridgehead atoms. The number of carbonyl (C=O) groups is 3. The molecule has 1 fully saturated rings. The first-order valence-electron chi connectivity index (χ1n) is 22.5. The summed E-state index contributed by atoms with van der Waals surface area (Å²) in [7, 11) is -17.6. The molecule has 32 heteroatoms. The van der Waals surface area contributed by atoms with E-state index >= 15 is 0 Å². The molecule has 1 aliphatic heterocycles. The molecule has 71 heavy (non-hydrogen) atoms. The number of hydrogen-bond acceptors (Lipinski definition) is 22. The molecule has 6 N–H and O–H groups in total. The maximum Gasteiger partial charge on any atom is 1.00 e. The van der Waals surface area contributed by atoms with E-state index in [4.69, 9.17) is 10.5 Å². The van der Waals surface area contributed by atoms with Gasteiger partial charge in [0.05, 0.1) is 27.4 Å². The molecule has 2 aromatic rings. The maximum atomic E-state index is 12.6. The van der Waals surface area contributed by atoms with Crippen LogP contribution in [0, 0.1) is 5.41 Å².